The van der Waals surface area contributed by atoms with E-state index in [0.29, 0.717) is 35.8 Å². The highest BCUT2D eigenvalue weighted by Gasteiger charge is 2.51. The van der Waals surface area contributed by atoms with Crippen LogP contribution in [0.3, 0.4) is 0 Å². The smallest absolute Gasteiger partial charge is 0.329 e. The molecule has 0 aromatic heterocycles. The topological polar surface area (TPSA) is 82.1 Å². The Morgan fingerprint density at radius 2 is 1.93 bits per heavy atom. The van der Waals surface area contributed by atoms with E-state index in [4.69, 9.17) is 25.8 Å². The maximum Gasteiger partial charge on any atom is 0.329 e. The van der Waals surface area contributed by atoms with Crippen LogP contribution in [0.15, 0.2) is 12.1 Å². The van der Waals surface area contributed by atoms with Gasteiger partial charge < -0.3 is 14.2 Å². The van der Waals surface area contributed by atoms with E-state index in [1.54, 1.807) is 12.1 Å². The molecule has 0 N–H and O–H groups in total. The largest absolute Gasteiger partial charge is 0.467 e. The second-order valence-electron chi connectivity index (χ2n) is 7.49. The molecule has 28 heavy (non-hydrogen) atoms. The van der Waals surface area contributed by atoms with E-state index in [1.165, 1.54) is 6.92 Å². The van der Waals surface area contributed by atoms with Gasteiger partial charge in [0.15, 0.2) is 6.79 Å². The summed E-state index contributed by atoms with van der Waals surface area (Å²) in [5, 5.41) is 0.487. The van der Waals surface area contributed by atoms with Crippen molar-refractivity contribution in [2.45, 2.75) is 51.9 Å². The van der Waals surface area contributed by atoms with Crippen LogP contribution in [0, 0.1) is 11.8 Å². The lowest BCUT2D eigenvalue weighted by molar-refractivity contribution is -0.159. The number of imide groups is 1. The van der Waals surface area contributed by atoms with Gasteiger partial charge in [0, 0.05) is 16.1 Å². The zero-order valence-corrected chi connectivity index (χ0v) is 16.4. The Hall–Kier alpha value is -2.12. The van der Waals surface area contributed by atoms with Gasteiger partial charge in [0.1, 0.15) is 18.4 Å². The quantitative estimate of drug-likeness (QED) is 0.564. The second-order valence-corrected chi connectivity index (χ2v) is 7.93. The van der Waals surface area contributed by atoms with E-state index in [2.05, 4.69) is 0 Å². The average molecular weight is 408 g/mol. The third-order valence-electron chi connectivity index (χ3n) is 5.73. The van der Waals surface area contributed by atoms with Crippen LogP contribution in [0.1, 0.15) is 43.7 Å². The molecule has 0 spiro atoms. The van der Waals surface area contributed by atoms with Gasteiger partial charge in [0.2, 0.25) is 11.8 Å². The maximum atomic E-state index is 12.7. The molecule has 0 bridgehead atoms. The lowest BCUT2D eigenvalue weighted by Gasteiger charge is -2.23. The first-order valence-electron chi connectivity index (χ1n) is 9.52. The summed E-state index contributed by atoms with van der Waals surface area (Å²) in [6, 6.07) is 2.46. The molecule has 150 valence electrons. The minimum atomic E-state index is -0.954. The first kappa shape index (κ1) is 19.2. The van der Waals surface area contributed by atoms with E-state index in [0.717, 1.165) is 23.3 Å². The highest BCUT2D eigenvalue weighted by Crippen LogP contribution is 2.39. The van der Waals surface area contributed by atoms with Crippen LogP contribution in [0.5, 0.6) is 5.75 Å². The molecular formula is C20H22ClNO6. The standard InChI is InChI=1S/C20H22ClNO6/c1-11(22-18(23)15-4-2-3-5-16(15)19(22)24)20(25)27-9-13-7-14(21)6-12-8-26-10-28-17(12)13/h6-7,11,15-16H,2-5,8-10H2,1H3/t11-,15-,16-/m0/s1. The van der Waals surface area contributed by atoms with Gasteiger partial charge >= 0.3 is 5.97 Å². The third kappa shape index (κ3) is 3.37. The predicted molar refractivity (Wildman–Crippen MR) is 98.3 cm³/mol. The van der Waals surface area contributed by atoms with Crippen molar-refractivity contribution < 1.29 is 28.6 Å². The van der Waals surface area contributed by atoms with Gasteiger partial charge in [-0.1, -0.05) is 24.4 Å². The number of esters is 1. The summed E-state index contributed by atoms with van der Waals surface area (Å²) in [5.41, 5.74) is 1.41. The molecule has 1 aromatic rings. The fourth-order valence-electron chi connectivity index (χ4n) is 4.31. The van der Waals surface area contributed by atoms with E-state index in [1.807, 2.05) is 0 Å². The molecule has 3 atom stereocenters. The van der Waals surface area contributed by atoms with Crippen LogP contribution in [-0.2, 0) is 37.1 Å². The van der Waals surface area contributed by atoms with Crippen LogP contribution in [-0.4, -0.2) is 35.5 Å². The molecule has 4 rings (SSSR count). The highest BCUT2D eigenvalue weighted by atomic mass is 35.5. The SMILES string of the molecule is C[C@@H](C(=O)OCc1cc(Cl)cc2c1OCOC2)N1C(=O)[C@H]2CCCC[C@@H]2C1=O. The Morgan fingerprint density at radius 3 is 2.61 bits per heavy atom. The zero-order chi connectivity index (χ0) is 19.8. The molecule has 0 radical (unpaired) electrons. The van der Waals surface area contributed by atoms with Crippen LogP contribution in [0.25, 0.3) is 0 Å². The van der Waals surface area contributed by atoms with E-state index in [9.17, 15) is 14.4 Å². The molecule has 1 saturated carbocycles. The van der Waals surface area contributed by atoms with Gasteiger partial charge in [-0.3, -0.25) is 14.5 Å². The fourth-order valence-corrected chi connectivity index (χ4v) is 4.57. The lowest BCUT2D eigenvalue weighted by Crippen LogP contribution is -2.44. The predicted octanol–water partition coefficient (Wildman–Crippen LogP) is 2.81. The Balaban J connectivity index is 1.45. The molecule has 1 aromatic carbocycles. The first-order valence-corrected chi connectivity index (χ1v) is 9.90. The van der Waals surface area contributed by atoms with Crippen LogP contribution >= 0.6 is 11.6 Å². The summed E-state index contributed by atoms with van der Waals surface area (Å²) < 4.78 is 16.2. The number of amides is 2. The van der Waals surface area contributed by atoms with Crippen LogP contribution < -0.4 is 4.74 Å². The average Bonchev–Trinajstić information content (AvgIpc) is 2.96. The van der Waals surface area contributed by atoms with E-state index >= 15 is 0 Å². The van der Waals surface area contributed by atoms with Gasteiger partial charge in [-0.25, -0.2) is 4.79 Å². The summed E-state index contributed by atoms with van der Waals surface area (Å²) in [4.78, 5) is 39.0. The zero-order valence-electron chi connectivity index (χ0n) is 15.6. The molecule has 0 unspecified atom stereocenters. The van der Waals surface area contributed by atoms with Crippen molar-refractivity contribution in [2.24, 2.45) is 11.8 Å². The number of nitrogens with zero attached hydrogens (tertiary/aromatic N) is 1. The molecule has 2 fully saturated rings. The number of ether oxygens (including phenoxy) is 3. The summed E-state index contributed by atoms with van der Waals surface area (Å²) in [6.45, 7) is 1.96. The van der Waals surface area contributed by atoms with Gasteiger partial charge in [0.25, 0.3) is 0 Å². The molecule has 1 saturated heterocycles. The first-order chi connectivity index (χ1) is 13.5. The molecule has 8 heteroatoms. The second kappa shape index (κ2) is 7.72. The molecule has 2 amide bonds. The minimum absolute atomic E-state index is 0.0604. The summed E-state index contributed by atoms with van der Waals surface area (Å²) >= 11 is 6.12. The number of carbonyl (C=O) groups is 3. The number of benzene rings is 1. The van der Waals surface area contributed by atoms with Crippen molar-refractivity contribution in [3.63, 3.8) is 0 Å². The normalized spacial score (nSPS) is 25.0. The van der Waals surface area contributed by atoms with Gasteiger partial charge in [-0.2, -0.15) is 0 Å². The molecule has 2 heterocycles. The lowest BCUT2D eigenvalue weighted by atomic mass is 9.81. The Bertz CT molecular complexity index is 801. The van der Waals surface area contributed by atoms with Crippen molar-refractivity contribution in [1.82, 2.24) is 4.90 Å². The van der Waals surface area contributed by atoms with Crippen molar-refractivity contribution in [1.29, 1.82) is 0 Å². The highest BCUT2D eigenvalue weighted by molar-refractivity contribution is 6.30. The molecular weight excluding hydrogens is 386 g/mol. The Labute approximate surface area is 167 Å². The van der Waals surface area contributed by atoms with Crippen LogP contribution in [0.2, 0.25) is 5.02 Å². The number of likely N-dealkylation sites (tertiary alicyclic amines) is 1. The van der Waals surface area contributed by atoms with Crippen LogP contribution in [0.4, 0.5) is 0 Å². The van der Waals surface area contributed by atoms with E-state index < -0.39 is 12.0 Å². The minimum Gasteiger partial charge on any atom is -0.467 e. The molecule has 3 aliphatic rings. The number of halogens is 1. The van der Waals surface area contributed by atoms with Crippen molar-refractivity contribution in [3.05, 3.63) is 28.3 Å². The fraction of sp³-hybridized carbons (Fsp3) is 0.550. The van der Waals surface area contributed by atoms with Gasteiger partial charge in [-0.05, 0) is 31.9 Å². The Morgan fingerprint density at radius 1 is 1.25 bits per heavy atom. The van der Waals surface area contributed by atoms with Crippen molar-refractivity contribution in [3.8, 4) is 5.75 Å². The Kier molecular flexibility index (Phi) is 5.29. The number of carbonyl (C=O) groups excluding carboxylic acids is 3. The summed E-state index contributed by atoms with van der Waals surface area (Å²) in [6.07, 6.45) is 3.30. The molecule has 7 nitrogen and oxygen atoms in total. The van der Waals surface area contributed by atoms with Gasteiger partial charge in [-0.15, -0.1) is 0 Å². The number of hydrogen-bond donors (Lipinski definition) is 0. The van der Waals surface area contributed by atoms with Crippen molar-refractivity contribution in [2.75, 3.05) is 6.79 Å². The number of rotatable bonds is 4. The number of fused-ring (bicyclic) bond motifs is 2. The van der Waals surface area contributed by atoms with Gasteiger partial charge in [0.05, 0.1) is 18.4 Å². The third-order valence-corrected chi connectivity index (χ3v) is 5.94. The number of hydrogen-bond acceptors (Lipinski definition) is 6. The summed E-state index contributed by atoms with van der Waals surface area (Å²) in [7, 11) is 0. The molecule has 1 aliphatic carbocycles. The van der Waals surface area contributed by atoms with Crippen molar-refractivity contribution >= 4 is 29.4 Å². The van der Waals surface area contributed by atoms with E-state index in [-0.39, 0.29) is 37.0 Å². The summed E-state index contributed by atoms with van der Waals surface area (Å²) in [5.74, 6) is -1.11. The monoisotopic (exact) mass is 407 g/mol. The maximum absolute atomic E-state index is 12.7. The molecule has 2 aliphatic heterocycles.